The molecule has 0 aliphatic carbocycles. The highest BCUT2D eigenvalue weighted by Gasteiger charge is 1.99. The Hall–Kier alpha value is 0.180. The number of hydrogen-bond donors (Lipinski definition) is 1. The Kier molecular flexibility index (Phi) is 9.41. The summed E-state index contributed by atoms with van der Waals surface area (Å²) in [7, 11) is 0. The highest BCUT2D eigenvalue weighted by molar-refractivity contribution is 9.11. The molecule has 0 bridgehead atoms. The van der Waals surface area contributed by atoms with Crippen molar-refractivity contribution in [3.63, 3.8) is 0 Å². The number of unbranched alkanes of at least 4 members (excludes halogenated alkanes) is 3. The van der Waals surface area contributed by atoms with Gasteiger partial charge in [-0.3, -0.25) is 0 Å². The van der Waals surface area contributed by atoms with Gasteiger partial charge in [-0.15, -0.1) is 0 Å². The van der Waals surface area contributed by atoms with Crippen LogP contribution in [0.25, 0.3) is 0 Å². The fourth-order valence-electron chi connectivity index (χ4n) is 1.13. The molecule has 0 saturated heterocycles. The first-order valence-corrected chi connectivity index (χ1v) is 5.66. The average Bonchev–Trinajstić information content (AvgIpc) is 2.09. The van der Waals surface area contributed by atoms with Crippen molar-refractivity contribution in [1.29, 1.82) is 0 Å². The summed E-state index contributed by atoms with van der Waals surface area (Å²) in [6, 6.07) is 0. The van der Waals surface area contributed by atoms with E-state index in [1.165, 1.54) is 19.3 Å². The van der Waals surface area contributed by atoms with Crippen LogP contribution >= 0.6 is 15.9 Å². The predicted octanol–water partition coefficient (Wildman–Crippen LogP) is 3.62. The molecule has 72 valence electrons. The van der Waals surface area contributed by atoms with Crippen LogP contribution in [0.15, 0.2) is 11.1 Å². The van der Waals surface area contributed by atoms with Gasteiger partial charge in [0, 0.05) is 0 Å². The van der Waals surface area contributed by atoms with Crippen molar-refractivity contribution in [3.8, 4) is 0 Å². The molecule has 1 nitrogen and oxygen atoms in total. The van der Waals surface area contributed by atoms with Crippen LogP contribution in [0.1, 0.15) is 45.4 Å². The Labute approximate surface area is 84.0 Å². The minimum absolute atomic E-state index is 0.143. The van der Waals surface area contributed by atoms with Gasteiger partial charge in [-0.05, 0) is 17.8 Å². The van der Waals surface area contributed by atoms with Crippen LogP contribution in [0.4, 0.5) is 0 Å². The van der Waals surface area contributed by atoms with Gasteiger partial charge in [0.2, 0.25) is 0 Å². The monoisotopic (exact) mass is 234 g/mol. The van der Waals surface area contributed by atoms with Crippen LogP contribution in [0, 0.1) is 0 Å². The van der Waals surface area contributed by atoms with E-state index in [9.17, 15) is 5.11 Å². The second-order valence-electron chi connectivity index (χ2n) is 3.10. The number of aliphatic hydroxyl groups is 1. The van der Waals surface area contributed by atoms with Crippen LogP contribution in [-0.4, -0.2) is 11.2 Å². The molecule has 0 saturated carbocycles. The minimum Gasteiger partial charge on any atom is -0.393 e. The van der Waals surface area contributed by atoms with Gasteiger partial charge in [-0.2, -0.15) is 0 Å². The molecule has 0 aromatic heterocycles. The van der Waals surface area contributed by atoms with Crippen LogP contribution in [0.5, 0.6) is 0 Å². The van der Waals surface area contributed by atoms with Gasteiger partial charge < -0.3 is 5.11 Å². The normalized spacial score (nSPS) is 13.9. The first-order valence-electron chi connectivity index (χ1n) is 4.74. The molecule has 0 radical (unpaired) electrons. The molecular formula is C10H19BrO. The van der Waals surface area contributed by atoms with E-state index in [4.69, 9.17) is 0 Å². The zero-order valence-corrected chi connectivity index (χ0v) is 9.39. The second-order valence-corrected chi connectivity index (χ2v) is 3.63. The van der Waals surface area contributed by atoms with E-state index in [0.29, 0.717) is 0 Å². The summed E-state index contributed by atoms with van der Waals surface area (Å²) >= 11 is 3.18. The summed E-state index contributed by atoms with van der Waals surface area (Å²) in [5.74, 6) is 0. The smallest absolute Gasteiger partial charge is 0.0574 e. The highest BCUT2D eigenvalue weighted by atomic mass is 79.9. The molecule has 2 heteroatoms. The van der Waals surface area contributed by atoms with E-state index in [1.54, 1.807) is 0 Å². The molecule has 12 heavy (non-hydrogen) atoms. The molecule has 1 unspecified atom stereocenters. The first-order chi connectivity index (χ1) is 5.81. The maximum Gasteiger partial charge on any atom is 0.0574 e. The third kappa shape index (κ3) is 8.28. The Bertz CT molecular complexity index is 112. The van der Waals surface area contributed by atoms with Gasteiger partial charge in [0.25, 0.3) is 0 Å². The first kappa shape index (κ1) is 12.2. The topological polar surface area (TPSA) is 20.2 Å². The SMILES string of the molecule is CCCCCCC(O)C/C=C\Br. The summed E-state index contributed by atoms with van der Waals surface area (Å²) in [4.78, 5) is 1.81. The van der Waals surface area contributed by atoms with E-state index in [1.807, 2.05) is 11.1 Å². The minimum atomic E-state index is -0.143. The van der Waals surface area contributed by atoms with Gasteiger partial charge in [0.15, 0.2) is 0 Å². The molecule has 0 heterocycles. The number of halogens is 1. The molecule has 1 atom stereocenters. The Balaban J connectivity index is 3.13. The van der Waals surface area contributed by atoms with Gasteiger partial charge in [0.05, 0.1) is 6.10 Å². The lowest BCUT2D eigenvalue weighted by molar-refractivity contribution is 0.164. The summed E-state index contributed by atoms with van der Waals surface area (Å²) in [6.07, 6.45) is 8.49. The van der Waals surface area contributed by atoms with Crippen molar-refractivity contribution in [2.75, 3.05) is 0 Å². The zero-order valence-electron chi connectivity index (χ0n) is 7.80. The van der Waals surface area contributed by atoms with Crippen molar-refractivity contribution in [1.82, 2.24) is 0 Å². The van der Waals surface area contributed by atoms with Crippen molar-refractivity contribution in [2.24, 2.45) is 0 Å². The average molecular weight is 235 g/mol. The zero-order chi connectivity index (χ0) is 9.23. The van der Waals surface area contributed by atoms with Crippen LogP contribution in [-0.2, 0) is 0 Å². The fraction of sp³-hybridized carbons (Fsp3) is 0.800. The Morgan fingerprint density at radius 1 is 1.33 bits per heavy atom. The van der Waals surface area contributed by atoms with Crippen LogP contribution in [0.2, 0.25) is 0 Å². The van der Waals surface area contributed by atoms with E-state index in [2.05, 4.69) is 22.9 Å². The lowest BCUT2D eigenvalue weighted by Crippen LogP contribution is -2.03. The molecular weight excluding hydrogens is 216 g/mol. The third-order valence-corrected chi connectivity index (χ3v) is 2.26. The third-order valence-electron chi connectivity index (χ3n) is 1.89. The van der Waals surface area contributed by atoms with E-state index in [0.717, 1.165) is 19.3 Å². The molecule has 0 aliphatic heterocycles. The van der Waals surface area contributed by atoms with Gasteiger partial charge in [0.1, 0.15) is 0 Å². The number of rotatable bonds is 7. The maximum absolute atomic E-state index is 9.41. The van der Waals surface area contributed by atoms with Gasteiger partial charge in [-0.1, -0.05) is 54.6 Å². The summed E-state index contributed by atoms with van der Waals surface area (Å²) < 4.78 is 0. The van der Waals surface area contributed by atoms with E-state index >= 15 is 0 Å². The van der Waals surface area contributed by atoms with Crippen molar-refractivity contribution in [3.05, 3.63) is 11.1 Å². The van der Waals surface area contributed by atoms with Crippen molar-refractivity contribution in [2.45, 2.75) is 51.6 Å². The van der Waals surface area contributed by atoms with E-state index < -0.39 is 0 Å². The number of aliphatic hydroxyl groups excluding tert-OH is 1. The van der Waals surface area contributed by atoms with Crippen LogP contribution < -0.4 is 0 Å². The maximum atomic E-state index is 9.41. The van der Waals surface area contributed by atoms with E-state index in [-0.39, 0.29) is 6.10 Å². The molecule has 0 rings (SSSR count). The Morgan fingerprint density at radius 3 is 2.67 bits per heavy atom. The highest BCUT2D eigenvalue weighted by Crippen LogP contribution is 2.08. The Morgan fingerprint density at radius 2 is 2.08 bits per heavy atom. The largest absolute Gasteiger partial charge is 0.393 e. The van der Waals surface area contributed by atoms with Crippen molar-refractivity contribution < 1.29 is 5.11 Å². The lowest BCUT2D eigenvalue weighted by Gasteiger charge is -2.06. The standard InChI is InChI=1S/C10H19BrO/c1-2-3-4-5-7-10(12)8-6-9-11/h6,9-10,12H,2-5,7-8H2,1H3/b9-6-. The summed E-state index contributed by atoms with van der Waals surface area (Å²) in [6.45, 7) is 2.20. The van der Waals surface area contributed by atoms with Crippen LogP contribution in [0.3, 0.4) is 0 Å². The molecule has 1 N–H and O–H groups in total. The number of hydrogen-bond acceptors (Lipinski definition) is 1. The molecule has 0 aliphatic rings. The van der Waals surface area contributed by atoms with Gasteiger partial charge >= 0.3 is 0 Å². The quantitative estimate of drug-likeness (QED) is 0.668. The molecule has 0 aromatic rings. The lowest BCUT2D eigenvalue weighted by atomic mass is 10.1. The fourth-order valence-corrected chi connectivity index (χ4v) is 1.35. The molecule has 0 fully saturated rings. The molecule has 0 spiro atoms. The van der Waals surface area contributed by atoms with Gasteiger partial charge in [-0.25, -0.2) is 0 Å². The summed E-state index contributed by atoms with van der Waals surface area (Å²) in [5.41, 5.74) is 0. The summed E-state index contributed by atoms with van der Waals surface area (Å²) in [5, 5.41) is 9.41. The van der Waals surface area contributed by atoms with Crippen molar-refractivity contribution >= 4 is 15.9 Å². The second kappa shape index (κ2) is 9.27. The predicted molar refractivity (Wildman–Crippen MR) is 57.4 cm³/mol. The molecule has 0 aromatic carbocycles. The molecule has 0 amide bonds.